The maximum Gasteiger partial charge on any atom is 0.299 e. The predicted octanol–water partition coefficient (Wildman–Crippen LogP) is 5.04. The molecule has 8 nitrogen and oxygen atoms in total. The Morgan fingerprint density at radius 1 is 1.30 bits per heavy atom. The molecule has 0 aliphatic heterocycles. The number of benzene rings is 1. The number of furan rings is 1. The molecule has 0 radical (unpaired) electrons. The van der Waals surface area contributed by atoms with Gasteiger partial charge in [0, 0.05) is 12.7 Å². The number of nitriles is 1. The fraction of sp³-hybridized carbons (Fsp3) is 0.100. The van der Waals surface area contributed by atoms with E-state index in [0.717, 1.165) is 0 Å². The lowest BCUT2D eigenvalue weighted by molar-refractivity contribution is -0.386. The number of aromatic nitrogens is 1. The van der Waals surface area contributed by atoms with Crippen LogP contribution in [0.5, 0.6) is 0 Å². The van der Waals surface area contributed by atoms with Crippen molar-refractivity contribution in [1.82, 2.24) is 4.98 Å². The molecule has 0 aliphatic rings. The van der Waals surface area contributed by atoms with Gasteiger partial charge in [0.15, 0.2) is 0 Å². The van der Waals surface area contributed by atoms with Crippen LogP contribution in [0.25, 0.3) is 23.5 Å². The van der Waals surface area contributed by atoms with Crippen molar-refractivity contribution in [2.75, 3.05) is 7.11 Å². The third-order valence-electron chi connectivity index (χ3n) is 4.16. The molecule has 2 heterocycles. The molecule has 0 spiro atoms. The van der Waals surface area contributed by atoms with Gasteiger partial charge in [0.1, 0.15) is 28.8 Å². The minimum Gasteiger partial charge on any atom is -0.457 e. The molecule has 1 N–H and O–H groups in total. The number of hydrogen-bond acceptors (Lipinski definition) is 6. The monoisotopic (exact) mass is 445 g/mol. The summed E-state index contributed by atoms with van der Waals surface area (Å²) in [6.45, 7) is -0.262. The molecule has 0 saturated heterocycles. The molecule has 0 atom stereocenters. The average molecular weight is 446 g/mol. The van der Waals surface area contributed by atoms with Crippen molar-refractivity contribution in [1.29, 1.82) is 5.26 Å². The first-order valence-electron chi connectivity index (χ1n) is 8.42. The first kappa shape index (κ1) is 21.3. The lowest BCUT2D eigenvalue weighted by atomic mass is 10.1. The van der Waals surface area contributed by atoms with Crippen LogP contribution in [0.15, 0.2) is 39.5 Å². The third kappa shape index (κ3) is 4.14. The minimum atomic E-state index is -0.749. The van der Waals surface area contributed by atoms with Crippen molar-refractivity contribution in [3.63, 3.8) is 0 Å². The summed E-state index contributed by atoms with van der Waals surface area (Å²) in [7, 11) is 1.31. The fourth-order valence-electron chi connectivity index (χ4n) is 2.84. The van der Waals surface area contributed by atoms with Gasteiger partial charge in [0.05, 0.1) is 27.1 Å². The summed E-state index contributed by atoms with van der Waals surface area (Å²) in [4.78, 5) is 25.5. The summed E-state index contributed by atoms with van der Waals surface area (Å²) in [6.07, 6.45) is 2.77. The van der Waals surface area contributed by atoms with E-state index in [9.17, 15) is 20.2 Å². The number of aromatic amines is 1. The normalized spacial score (nSPS) is 11.0. The second-order valence-electron chi connectivity index (χ2n) is 6.01. The molecule has 0 amide bonds. The van der Waals surface area contributed by atoms with E-state index in [1.165, 1.54) is 19.3 Å². The standard InChI is InChI=1S/C20H13Cl2N3O5/c1-29-10-14-13(9-23)20(26)24-16(19(14)25(27)28)7-5-11-6-8-17(30-11)12-3-2-4-15(21)18(12)22/h2-8H,10H2,1H3,(H,24,26)/b7-5+. The Bertz CT molecular complexity index is 1250. The highest BCUT2D eigenvalue weighted by Crippen LogP contribution is 2.34. The Morgan fingerprint density at radius 2 is 2.07 bits per heavy atom. The van der Waals surface area contributed by atoms with Crippen LogP contribution in [-0.4, -0.2) is 17.0 Å². The molecule has 0 fully saturated rings. The second-order valence-corrected chi connectivity index (χ2v) is 6.79. The van der Waals surface area contributed by atoms with Crippen molar-refractivity contribution in [2.45, 2.75) is 6.61 Å². The Balaban J connectivity index is 2.04. The summed E-state index contributed by atoms with van der Waals surface area (Å²) >= 11 is 12.2. The fourth-order valence-corrected chi connectivity index (χ4v) is 3.23. The molecule has 3 aromatic rings. The molecule has 0 saturated carbocycles. The van der Waals surface area contributed by atoms with Gasteiger partial charge in [0.25, 0.3) is 11.2 Å². The van der Waals surface area contributed by atoms with Gasteiger partial charge < -0.3 is 14.1 Å². The van der Waals surface area contributed by atoms with Gasteiger partial charge in [-0.15, -0.1) is 0 Å². The number of H-pyrrole nitrogens is 1. The molecular formula is C20H13Cl2N3O5. The lowest BCUT2D eigenvalue weighted by Crippen LogP contribution is -2.18. The summed E-state index contributed by atoms with van der Waals surface area (Å²) < 4.78 is 10.6. The smallest absolute Gasteiger partial charge is 0.299 e. The average Bonchev–Trinajstić information content (AvgIpc) is 3.17. The Labute approximate surface area is 180 Å². The third-order valence-corrected chi connectivity index (χ3v) is 4.98. The first-order valence-corrected chi connectivity index (χ1v) is 9.17. The summed E-state index contributed by atoms with van der Waals surface area (Å²) in [5, 5.41) is 21.5. The molecule has 30 heavy (non-hydrogen) atoms. The quantitative estimate of drug-likeness (QED) is 0.418. The number of methoxy groups -OCH3 is 1. The number of hydrogen-bond donors (Lipinski definition) is 1. The lowest BCUT2D eigenvalue weighted by Gasteiger charge is -2.06. The van der Waals surface area contributed by atoms with Crippen molar-refractivity contribution < 1.29 is 14.1 Å². The van der Waals surface area contributed by atoms with Gasteiger partial charge in [-0.25, -0.2) is 0 Å². The maximum absolute atomic E-state index is 12.2. The summed E-state index contributed by atoms with van der Waals surface area (Å²) in [5.74, 6) is 0.805. The number of rotatable bonds is 6. The molecule has 0 aliphatic carbocycles. The number of pyridine rings is 1. The van der Waals surface area contributed by atoms with Crippen LogP contribution >= 0.6 is 23.2 Å². The van der Waals surface area contributed by atoms with Crippen LogP contribution in [0.3, 0.4) is 0 Å². The van der Waals surface area contributed by atoms with E-state index in [4.69, 9.17) is 32.4 Å². The highest BCUT2D eigenvalue weighted by Gasteiger charge is 2.25. The van der Waals surface area contributed by atoms with E-state index in [1.807, 2.05) is 0 Å². The van der Waals surface area contributed by atoms with Crippen molar-refractivity contribution in [3.8, 4) is 17.4 Å². The van der Waals surface area contributed by atoms with Crippen molar-refractivity contribution in [2.24, 2.45) is 0 Å². The van der Waals surface area contributed by atoms with Crippen LogP contribution in [0.1, 0.15) is 22.6 Å². The van der Waals surface area contributed by atoms with Gasteiger partial charge in [0.2, 0.25) is 0 Å². The van der Waals surface area contributed by atoms with E-state index in [2.05, 4.69) is 4.98 Å². The molecule has 152 valence electrons. The van der Waals surface area contributed by atoms with E-state index in [0.29, 0.717) is 27.1 Å². The SMILES string of the molecule is COCc1c([N+](=O)[O-])c(/C=C/c2ccc(-c3cccc(Cl)c3Cl)o2)[nH]c(=O)c1C#N. The van der Waals surface area contributed by atoms with Crippen molar-refractivity contribution >= 4 is 41.0 Å². The number of nitro groups is 1. The predicted molar refractivity (Wildman–Crippen MR) is 112 cm³/mol. The zero-order valence-corrected chi connectivity index (χ0v) is 17.0. The number of halogens is 2. The van der Waals surface area contributed by atoms with Crippen LogP contribution in [-0.2, 0) is 11.3 Å². The van der Waals surface area contributed by atoms with E-state index < -0.39 is 16.2 Å². The molecule has 0 unspecified atom stereocenters. The van der Waals surface area contributed by atoms with E-state index in [1.54, 1.807) is 36.4 Å². The molecule has 2 aromatic heterocycles. The highest BCUT2D eigenvalue weighted by atomic mass is 35.5. The molecule has 10 heteroatoms. The number of nitrogens with one attached hydrogen (secondary N) is 1. The first-order chi connectivity index (χ1) is 14.4. The topological polar surface area (TPSA) is 122 Å². The number of ether oxygens (including phenoxy) is 1. The van der Waals surface area contributed by atoms with Crippen LogP contribution < -0.4 is 5.56 Å². The molecular weight excluding hydrogens is 433 g/mol. The molecule has 0 bridgehead atoms. The Morgan fingerprint density at radius 3 is 2.73 bits per heavy atom. The molecule has 3 rings (SSSR count). The van der Waals surface area contributed by atoms with Gasteiger partial charge in [-0.3, -0.25) is 14.9 Å². The van der Waals surface area contributed by atoms with Crippen LogP contribution in [0.2, 0.25) is 10.0 Å². The Hall–Kier alpha value is -3.38. The van der Waals surface area contributed by atoms with Crippen molar-refractivity contribution in [3.05, 3.63) is 83.4 Å². The number of nitrogens with zero attached hydrogens (tertiary/aromatic N) is 2. The zero-order valence-electron chi connectivity index (χ0n) is 15.4. The Kier molecular flexibility index (Phi) is 6.37. The van der Waals surface area contributed by atoms with Crippen LogP contribution in [0, 0.1) is 21.4 Å². The largest absolute Gasteiger partial charge is 0.457 e. The minimum absolute atomic E-state index is 0.0882. The van der Waals surface area contributed by atoms with Gasteiger partial charge in [-0.05, 0) is 36.4 Å². The van der Waals surface area contributed by atoms with Gasteiger partial charge in [-0.2, -0.15) is 5.26 Å². The molecule has 1 aromatic carbocycles. The van der Waals surface area contributed by atoms with Crippen LogP contribution in [0.4, 0.5) is 5.69 Å². The second kappa shape index (κ2) is 8.97. The summed E-state index contributed by atoms with van der Waals surface area (Å²) in [5.41, 5.74) is -1.14. The van der Waals surface area contributed by atoms with E-state index in [-0.39, 0.29) is 23.4 Å². The van der Waals surface area contributed by atoms with E-state index >= 15 is 0 Å². The summed E-state index contributed by atoms with van der Waals surface area (Å²) in [6, 6.07) is 10.1. The van der Waals surface area contributed by atoms with Gasteiger partial charge >= 0.3 is 0 Å². The van der Waals surface area contributed by atoms with Gasteiger partial charge in [-0.1, -0.05) is 29.3 Å². The zero-order chi connectivity index (χ0) is 21.8. The highest BCUT2D eigenvalue weighted by molar-refractivity contribution is 6.43. The maximum atomic E-state index is 12.2.